The van der Waals surface area contributed by atoms with Crippen LogP contribution in [-0.2, 0) is 0 Å². The maximum absolute atomic E-state index is 7.00. The Labute approximate surface area is 284 Å². The molecule has 0 radical (unpaired) electrons. The number of nitrogens with two attached hydrogens (primary N) is 1. The molecule has 46 heavy (non-hydrogen) atoms. The van der Waals surface area contributed by atoms with Crippen molar-refractivity contribution in [2.45, 2.75) is 113 Å². The Morgan fingerprint density at radius 1 is 0.870 bits per heavy atom. The van der Waals surface area contributed by atoms with Gasteiger partial charge in [-0.25, -0.2) is 0 Å². The van der Waals surface area contributed by atoms with Gasteiger partial charge in [-0.1, -0.05) is 178 Å². The van der Waals surface area contributed by atoms with Crippen LogP contribution in [0.4, 0.5) is 0 Å². The molecule has 0 aromatic heterocycles. The first-order chi connectivity index (χ1) is 21.2. The second kappa shape index (κ2) is 25.2. The summed E-state index contributed by atoms with van der Waals surface area (Å²) in [5, 5.41) is 7.00. The summed E-state index contributed by atoms with van der Waals surface area (Å²) in [6.45, 7) is 20.0. The molecule has 2 aliphatic rings. The van der Waals surface area contributed by atoms with Crippen LogP contribution in [0.5, 0.6) is 0 Å². The van der Waals surface area contributed by atoms with Crippen LogP contribution in [0.25, 0.3) is 0 Å². The molecule has 0 amide bonds. The highest BCUT2D eigenvalue weighted by atomic mass is 16.2. The van der Waals surface area contributed by atoms with E-state index in [-0.39, 0.29) is 24.4 Å². The van der Waals surface area contributed by atoms with Crippen molar-refractivity contribution in [3.8, 4) is 0 Å². The van der Waals surface area contributed by atoms with E-state index in [2.05, 4.69) is 95.8 Å². The van der Waals surface area contributed by atoms with Crippen LogP contribution < -0.4 is 5.73 Å². The van der Waals surface area contributed by atoms with Gasteiger partial charge in [0.1, 0.15) is 0 Å². The summed E-state index contributed by atoms with van der Waals surface area (Å²) in [4.78, 5) is 0. The van der Waals surface area contributed by atoms with Crippen molar-refractivity contribution in [1.82, 2.24) is 0 Å². The fourth-order valence-electron chi connectivity index (χ4n) is 5.42. The lowest BCUT2D eigenvalue weighted by molar-refractivity contribution is 0.393. The smallest absolute Gasteiger partial charge is 0.0551 e. The van der Waals surface area contributed by atoms with E-state index in [0.717, 1.165) is 30.6 Å². The fourth-order valence-corrected chi connectivity index (χ4v) is 5.42. The van der Waals surface area contributed by atoms with Gasteiger partial charge in [0.05, 0.1) is 6.04 Å². The Kier molecular flexibility index (Phi) is 24.7. The van der Waals surface area contributed by atoms with Crippen LogP contribution in [0, 0.1) is 17.3 Å². The highest BCUT2D eigenvalue weighted by molar-refractivity contribution is 5.48. The molecule has 2 unspecified atom stereocenters. The SMILES string of the molecule is C.C=C(CCCCCC(C)C(C)C1=CCCC(C2=CCC=C2)=C1)C(C)(C)C.CC.CO.NC(c1ccccc1)c1ccccc1.O. The van der Waals surface area contributed by atoms with Gasteiger partial charge in [-0.3, -0.25) is 0 Å². The van der Waals surface area contributed by atoms with Crippen LogP contribution in [-0.4, -0.2) is 17.7 Å². The lowest BCUT2D eigenvalue weighted by Crippen LogP contribution is -2.12. The van der Waals surface area contributed by atoms with Gasteiger partial charge in [0.25, 0.3) is 0 Å². The van der Waals surface area contributed by atoms with E-state index in [4.69, 9.17) is 10.8 Å². The molecule has 3 heteroatoms. The average molecular weight is 632 g/mol. The zero-order valence-electron chi connectivity index (χ0n) is 29.8. The second-order valence-electron chi connectivity index (χ2n) is 12.7. The molecule has 0 saturated carbocycles. The van der Waals surface area contributed by atoms with Gasteiger partial charge >= 0.3 is 0 Å². The molecular formula is C43H69NO2. The number of aliphatic hydroxyl groups is 1. The molecular weight excluding hydrogens is 562 g/mol. The number of hydrogen-bond acceptors (Lipinski definition) is 2. The second-order valence-corrected chi connectivity index (χ2v) is 12.7. The van der Waals surface area contributed by atoms with Gasteiger partial charge in [-0.15, -0.1) is 0 Å². The molecule has 0 bridgehead atoms. The van der Waals surface area contributed by atoms with Crippen molar-refractivity contribution in [1.29, 1.82) is 0 Å². The number of unbranched alkanes of at least 4 members (excludes halogenated alkanes) is 2. The zero-order chi connectivity index (χ0) is 33.0. The van der Waals surface area contributed by atoms with Crippen molar-refractivity contribution in [2.24, 2.45) is 23.0 Å². The molecule has 258 valence electrons. The van der Waals surface area contributed by atoms with Crippen molar-refractivity contribution in [3.63, 3.8) is 0 Å². The first-order valence-electron chi connectivity index (χ1n) is 16.9. The minimum absolute atomic E-state index is 0. The molecule has 0 saturated heterocycles. The molecule has 2 aliphatic carbocycles. The third kappa shape index (κ3) is 16.0. The lowest BCUT2D eigenvalue weighted by atomic mass is 9.80. The van der Waals surface area contributed by atoms with Gasteiger partial charge in [0, 0.05) is 7.11 Å². The quantitative estimate of drug-likeness (QED) is 0.191. The molecule has 2 atom stereocenters. The van der Waals surface area contributed by atoms with Gasteiger partial charge in [0.15, 0.2) is 0 Å². The van der Waals surface area contributed by atoms with E-state index in [1.165, 1.54) is 56.1 Å². The van der Waals surface area contributed by atoms with E-state index in [9.17, 15) is 0 Å². The Bertz CT molecular complexity index is 1140. The maximum atomic E-state index is 7.00. The van der Waals surface area contributed by atoms with Crippen LogP contribution in [0.15, 0.2) is 120 Å². The lowest BCUT2D eigenvalue weighted by Gasteiger charge is -2.25. The molecule has 5 N–H and O–H groups in total. The van der Waals surface area contributed by atoms with E-state index in [1.807, 2.05) is 50.2 Å². The Morgan fingerprint density at radius 3 is 1.89 bits per heavy atom. The monoisotopic (exact) mass is 632 g/mol. The number of benzene rings is 2. The maximum Gasteiger partial charge on any atom is 0.0551 e. The topological polar surface area (TPSA) is 77.8 Å². The van der Waals surface area contributed by atoms with Crippen molar-refractivity contribution < 1.29 is 10.6 Å². The summed E-state index contributed by atoms with van der Waals surface area (Å²) in [5.74, 6) is 1.43. The number of aliphatic hydroxyl groups excluding tert-OH is 1. The predicted molar refractivity (Wildman–Crippen MR) is 206 cm³/mol. The molecule has 3 nitrogen and oxygen atoms in total. The highest BCUT2D eigenvalue weighted by Gasteiger charge is 2.19. The molecule has 0 fully saturated rings. The summed E-state index contributed by atoms with van der Waals surface area (Å²) in [6, 6.07) is 20.2. The summed E-state index contributed by atoms with van der Waals surface area (Å²) in [6.07, 6.45) is 21.9. The van der Waals surface area contributed by atoms with E-state index < -0.39 is 0 Å². The van der Waals surface area contributed by atoms with Gasteiger partial charge in [-0.05, 0) is 77.2 Å². The predicted octanol–water partition coefficient (Wildman–Crippen LogP) is 11.5. The van der Waals surface area contributed by atoms with Crippen LogP contribution in [0.2, 0.25) is 0 Å². The molecule has 4 rings (SSSR count). The summed E-state index contributed by atoms with van der Waals surface area (Å²) >= 11 is 0. The van der Waals surface area contributed by atoms with E-state index >= 15 is 0 Å². The van der Waals surface area contributed by atoms with Gasteiger partial charge < -0.3 is 16.3 Å². The fraction of sp³-hybridized carbons (Fsp3) is 0.488. The number of hydrogen-bond donors (Lipinski definition) is 2. The summed E-state index contributed by atoms with van der Waals surface area (Å²) < 4.78 is 0. The number of allylic oxidation sites excluding steroid dienone is 9. The third-order valence-electron chi connectivity index (χ3n) is 8.67. The minimum Gasteiger partial charge on any atom is -0.412 e. The van der Waals surface area contributed by atoms with Crippen molar-refractivity contribution >= 4 is 0 Å². The van der Waals surface area contributed by atoms with Gasteiger partial charge in [-0.2, -0.15) is 0 Å². The normalized spacial score (nSPS) is 14.5. The van der Waals surface area contributed by atoms with E-state index in [1.54, 1.807) is 11.1 Å². The van der Waals surface area contributed by atoms with Crippen molar-refractivity contribution in [3.05, 3.63) is 131 Å². The zero-order valence-corrected chi connectivity index (χ0v) is 29.8. The standard InChI is InChI=1S/C26H40.C13H13N.C2H6.CH4O.CH4.H2O/c1-20(13-8-7-9-14-21(2)26(4,5)6)22(3)24-17-12-18-25(19-24)23-15-10-11-16-23;14-13(11-7-3-1-4-8-11)12-9-5-2-6-10-12;2*1-2;;/h10,15-17,19-20,22H,2,7-9,11-14,18H2,1,3-6H3;1-10,13H,14H2;1-2H3;2H,1H3;1H4;1H2. The highest BCUT2D eigenvalue weighted by Crippen LogP contribution is 2.34. The van der Waals surface area contributed by atoms with Crippen LogP contribution in [0.1, 0.15) is 124 Å². The molecule has 0 heterocycles. The minimum atomic E-state index is -0.0163. The molecule has 2 aromatic rings. The van der Waals surface area contributed by atoms with Crippen LogP contribution >= 0.6 is 0 Å². The molecule has 0 aliphatic heterocycles. The van der Waals surface area contributed by atoms with Crippen molar-refractivity contribution in [2.75, 3.05) is 7.11 Å². The Morgan fingerprint density at radius 2 is 1.41 bits per heavy atom. The summed E-state index contributed by atoms with van der Waals surface area (Å²) in [5.41, 5.74) is 14.7. The first kappa shape index (κ1) is 45.1. The summed E-state index contributed by atoms with van der Waals surface area (Å²) in [7, 11) is 1.00. The van der Waals surface area contributed by atoms with E-state index in [0.29, 0.717) is 5.92 Å². The molecule has 2 aromatic carbocycles. The third-order valence-corrected chi connectivity index (χ3v) is 8.67. The largest absolute Gasteiger partial charge is 0.412 e. The average Bonchev–Trinajstić information content (AvgIpc) is 3.62. The molecule has 0 spiro atoms. The Hall–Kier alpha value is -2.98. The Balaban J connectivity index is 0. The first-order valence-corrected chi connectivity index (χ1v) is 16.9. The van der Waals surface area contributed by atoms with Crippen LogP contribution in [0.3, 0.4) is 0 Å². The number of rotatable bonds is 11. The van der Waals surface area contributed by atoms with Gasteiger partial charge in [0.2, 0.25) is 0 Å².